The van der Waals surface area contributed by atoms with Gasteiger partial charge in [0, 0.05) is 11.6 Å². The Morgan fingerprint density at radius 2 is 2.23 bits per heavy atom. The van der Waals surface area contributed by atoms with Crippen molar-refractivity contribution in [3.8, 4) is 11.3 Å². The van der Waals surface area contributed by atoms with Gasteiger partial charge in [-0.15, -0.1) is 0 Å². The quantitative estimate of drug-likeness (QED) is 0.890. The fourth-order valence-electron chi connectivity index (χ4n) is 1.98. The molecule has 1 N–H and O–H groups in total. The Balaban J connectivity index is 1.97. The number of hydrogen-bond donors (Lipinski definition) is 1. The molecule has 6 heteroatoms. The normalized spacial score (nSPS) is 12.4. The van der Waals surface area contributed by atoms with Crippen molar-refractivity contribution in [1.82, 2.24) is 15.4 Å². The molecule has 0 aliphatic heterocycles. The van der Waals surface area contributed by atoms with Gasteiger partial charge in [0.05, 0.1) is 12.6 Å². The lowest BCUT2D eigenvalue weighted by Gasteiger charge is -2.21. The molecular weight excluding hydrogens is 285 g/mol. The van der Waals surface area contributed by atoms with Crippen LogP contribution in [0.2, 0.25) is 0 Å². The van der Waals surface area contributed by atoms with Crippen LogP contribution in [0, 0.1) is 5.82 Å². The van der Waals surface area contributed by atoms with Gasteiger partial charge in [-0.1, -0.05) is 24.2 Å². The highest BCUT2D eigenvalue weighted by atomic mass is 19.1. The Bertz CT molecular complexity index is 642. The second-order valence-corrected chi connectivity index (χ2v) is 5.16. The van der Waals surface area contributed by atoms with Crippen LogP contribution in [-0.4, -0.2) is 35.6 Å². The molecule has 0 spiro atoms. The Morgan fingerprint density at radius 3 is 2.91 bits per heavy atom. The summed E-state index contributed by atoms with van der Waals surface area (Å²) < 4.78 is 18.4. The largest absolute Gasteiger partial charge is 0.359 e. The molecule has 1 aromatic carbocycles. The summed E-state index contributed by atoms with van der Waals surface area (Å²) in [7, 11) is 1.89. The smallest absolute Gasteiger partial charge is 0.237 e. The third kappa shape index (κ3) is 3.92. The number of halogens is 1. The molecule has 0 bridgehead atoms. The Kier molecular flexibility index (Phi) is 5.27. The minimum atomic E-state index is -0.327. The summed E-state index contributed by atoms with van der Waals surface area (Å²) in [6.45, 7) is 4.88. The van der Waals surface area contributed by atoms with E-state index >= 15 is 0 Å². The van der Waals surface area contributed by atoms with Crippen molar-refractivity contribution in [2.45, 2.75) is 26.4 Å². The molecule has 0 fully saturated rings. The minimum Gasteiger partial charge on any atom is -0.359 e. The molecule has 1 amide bonds. The molecule has 0 aliphatic rings. The van der Waals surface area contributed by atoms with Gasteiger partial charge < -0.3 is 9.84 Å². The summed E-state index contributed by atoms with van der Waals surface area (Å²) >= 11 is 0. The van der Waals surface area contributed by atoms with Gasteiger partial charge in [0.15, 0.2) is 5.76 Å². The Morgan fingerprint density at radius 1 is 1.45 bits per heavy atom. The van der Waals surface area contributed by atoms with Crippen molar-refractivity contribution in [2.75, 3.05) is 13.6 Å². The highest BCUT2D eigenvalue weighted by Gasteiger charge is 2.17. The first-order valence-electron chi connectivity index (χ1n) is 7.20. The van der Waals surface area contributed by atoms with Gasteiger partial charge in [0.25, 0.3) is 0 Å². The van der Waals surface area contributed by atoms with Crippen LogP contribution in [0.15, 0.2) is 34.9 Å². The Hall–Kier alpha value is -2.21. The van der Waals surface area contributed by atoms with E-state index in [-0.39, 0.29) is 24.3 Å². The van der Waals surface area contributed by atoms with E-state index in [1.165, 1.54) is 12.1 Å². The van der Waals surface area contributed by atoms with Crippen molar-refractivity contribution in [1.29, 1.82) is 0 Å². The van der Waals surface area contributed by atoms with Crippen LogP contribution < -0.4 is 5.32 Å². The number of nitrogens with zero attached hydrogens (tertiary/aromatic N) is 2. The van der Waals surface area contributed by atoms with E-state index < -0.39 is 0 Å². The maximum atomic E-state index is 13.2. The number of rotatable bonds is 6. The first-order chi connectivity index (χ1) is 10.5. The van der Waals surface area contributed by atoms with E-state index in [0.29, 0.717) is 17.0 Å². The molecule has 1 heterocycles. The van der Waals surface area contributed by atoms with Crippen LogP contribution in [0.25, 0.3) is 11.3 Å². The van der Waals surface area contributed by atoms with E-state index in [1.807, 2.05) is 25.8 Å². The third-order valence-electron chi connectivity index (χ3n) is 3.66. The van der Waals surface area contributed by atoms with Crippen LogP contribution in [-0.2, 0) is 11.3 Å². The Labute approximate surface area is 129 Å². The summed E-state index contributed by atoms with van der Waals surface area (Å²) in [5.74, 6) is 0.124. The number of hydrogen-bond acceptors (Lipinski definition) is 4. The van der Waals surface area contributed by atoms with Gasteiger partial charge in [-0.05, 0) is 32.6 Å². The van der Waals surface area contributed by atoms with Gasteiger partial charge in [-0.25, -0.2) is 4.39 Å². The fourth-order valence-corrected chi connectivity index (χ4v) is 1.98. The zero-order chi connectivity index (χ0) is 16.1. The highest BCUT2D eigenvalue weighted by molar-refractivity contribution is 5.81. The molecule has 0 saturated carbocycles. The van der Waals surface area contributed by atoms with E-state index in [4.69, 9.17) is 4.52 Å². The second kappa shape index (κ2) is 7.17. The first-order valence-corrected chi connectivity index (χ1v) is 7.20. The van der Waals surface area contributed by atoms with Crippen molar-refractivity contribution in [3.63, 3.8) is 0 Å². The summed E-state index contributed by atoms with van der Waals surface area (Å²) in [4.78, 5) is 13.9. The summed E-state index contributed by atoms with van der Waals surface area (Å²) in [5.41, 5.74) is 1.18. The molecular formula is C16H20FN3O2. The number of amides is 1. The predicted molar refractivity (Wildman–Crippen MR) is 81.5 cm³/mol. The van der Waals surface area contributed by atoms with Crippen LogP contribution in [0.3, 0.4) is 0 Å². The SMILES string of the molecule is CCN(C)[C@@H](C)C(=O)NCc1cc(-c2cccc(F)c2)no1. The molecule has 1 atom stereocenters. The summed E-state index contributed by atoms with van der Waals surface area (Å²) in [5, 5.41) is 6.70. The number of carbonyl (C=O) groups is 1. The van der Waals surface area contributed by atoms with E-state index in [9.17, 15) is 9.18 Å². The molecule has 0 aliphatic carbocycles. The van der Waals surface area contributed by atoms with Crippen LogP contribution in [0.4, 0.5) is 4.39 Å². The van der Waals surface area contributed by atoms with Gasteiger partial charge in [-0.3, -0.25) is 9.69 Å². The van der Waals surface area contributed by atoms with Crippen molar-refractivity contribution < 1.29 is 13.7 Å². The zero-order valence-electron chi connectivity index (χ0n) is 13.0. The molecule has 118 valence electrons. The minimum absolute atomic E-state index is 0.0759. The average molecular weight is 305 g/mol. The average Bonchev–Trinajstić information content (AvgIpc) is 3.00. The number of benzene rings is 1. The van der Waals surface area contributed by atoms with E-state index in [2.05, 4.69) is 10.5 Å². The topological polar surface area (TPSA) is 58.4 Å². The van der Waals surface area contributed by atoms with Gasteiger partial charge in [-0.2, -0.15) is 0 Å². The molecule has 0 unspecified atom stereocenters. The van der Waals surface area contributed by atoms with Crippen LogP contribution in [0.5, 0.6) is 0 Å². The lowest BCUT2D eigenvalue weighted by atomic mass is 10.1. The van der Waals surface area contributed by atoms with Crippen molar-refractivity contribution in [2.24, 2.45) is 0 Å². The summed E-state index contributed by atoms with van der Waals surface area (Å²) in [6, 6.07) is 7.61. The molecule has 2 rings (SSSR count). The third-order valence-corrected chi connectivity index (χ3v) is 3.66. The maximum Gasteiger partial charge on any atom is 0.237 e. The fraction of sp³-hybridized carbons (Fsp3) is 0.375. The number of aromatic nitrogens is 1. The highest BCUT2D eigenvalue weighted by Crippen LogP contribution is 2.19. The lowest BCUT2D eigenvalue weighted by Crippen LogP contribution is -2.42. The van der Waals surface area contributed by atoms with Gasteiger partial charge >= 0.3 is 0 Å². The second-order valence-electron chi connectivity index (χ2n) is 5.16. The van der Waals surface area contributed by atoms with Gasteiger partial charge in [0.2, 0.25) is 5.91 Å². The molecule has 1 aromatic heterocycles. The van der Waals surface area contributed by atoms with E-state index in [0.717, 1.165) is 6.54 Å². The van der Waals surface area contributed by atoms with Crippen molar-refractivity contribution >= 4 is 5.91 Å². The number of nitrogens with one attached hydrogen (secondary N) is 1. The predicted octanol–water partition coefficient (Wildman–Crippen LogP) is 2.44. The molecule has 22 heavy (non-hydrogen) atoms. The van der Waals surface area contributed by atoms with Crippen LogP contribution >= 0.6 is 0 Å². The lowest BCUT2D eigenvalue weighted by molar-refractivity contribution is -0.125. The maximum absolute atomic E-state index is 13.2. The molecule has 5 nitrogen and oxygen atoms in total. The standard InChI is InChI=1S/C16H20FN3O2/c1-4-20(3)11(2)16(21)18-10-14-9-15(19-22-14)12-6-5-7-13(17)8-12/h5-9,11H,4,10H2,1-3H3,(H,18,21)/t11-/m0/s1. The molecule has 0 radical (unpaired) electrons. The van der Waals surface area contributed by atoms with Crippen molar-refractivity contribution in [3.05, 3.63) is 41.9 Å². The summed E-state index contributed by atoms with van der Waals surface area (Å²) in [6.07, 6.45) is 0. The molecule has 0 saturated heterocycles. The zero-order valence-corrected chi connectivity index (χ0v) is 13.0. The number of carbonyl (C=O) groups excluding carboxylic acids is 1. The first kappa shape index (κ1) is 16.2. The van der Waals surface area contributed by atoms with Gasteiger partial charge in [0.1, 0.15) is 11.5 Å². The monoisotopic (exact) mass is 305 g/mol. The number of likely N-dealkylation sites (N-methyl/N-ethyl adjacent to an activating group) is 1. The van der Waals surface area contributed by atoms with E-state index in [1.54, 1.807) is 18.2 Å². The van der Waals surface area contributed by atoms with Crippen LogP contribution in [0.1, 0.15) is 19.6 Å². The molecule has 2 aromatic rings.